The lowest BCUT2D eigenvalue weighted by Crippen LogP contribution is -2.33. The lowest BCUT2D eigenvalue weighted by atomic mass is 9.94. The minimum Gasteiger partial charge on any atom is -0.507 e. The maximum Gasteiger partial charge on any atom is 0.295 e. The first-order valence-electron chi connectivity index (χ1n) is 13.9. The first kappa shape index (κ1) is 29.3. The van der Waals surface area contributed by atoms with E-state index in [-0.39, 0.29) is 24.5 Å². The molecule has 0 bridgehead atoms. The second-order valence-electron chi connectivity index (χ2n) is 10.0. The average molecular weight is 580 g/mol. The second kappa shape index (κ2) is 13.2. The summed E-state index contributed by atoms with van der Waals surface area (Å²) in [5, 5.41) is 11.5. The zero-order chi connectivity index (χ0) is 30.3. The molecule has 1 unspecified atom stereocenters. The Morgan fingerprint density at radius 1 is 0.791 bits per heavy atom. The number of carbonyl (C=O) groups is 2. The molecule has 1 aliphatic heterocycles. The van der Waals surface area contributed by atoms with Crippen LogP contribution in [0.3, 0.4) is 0 Å². The van der Waals surface area contributed by atoms with Crippen LogP contribution in [0.1, 0.15) is 28.3 Å². The lowest BCUT2D eigenvalue weighted by Gasteiger charge is -2.25. The van der Waals surface area contributed by atoms with Gasteiger partial charge in [-0.1, -0.05) is 42.5 Å². The molecule has 0 aliphatic carbocycles. The summed E-state index contributed by atoms with van der Waals surface area (Å²) in [5.41, 5.74) is 2.89. The Labute approximate surface area is 250 Å². The van der Waals surface area contributed by atoms with Crippen LogP contribution in [-0.2, 0) is 16.2 Å². The van der Waals surface area contributed by atoms with Crippen molar-refractivity contribution in [1.82, 2.24) is 4.90 Å². The van der Waals surface area contributed by atoms with Crippen LogP contribution in [0, 0.1) is 6.92 Å². The van der Waals surface area contributed by atoms with Gasteiger partial charge >= 0.3 is 0 Å². The smallest absolute Gasteiger partial charge is 0.295 e. The van der Waals surface area contributed by atoms with Gasteiger partial charge in [0, 0.05) is 5.56 Å². The molecule has 8 heteroatoms. The van der Waals surface area contributed by atoms with Crippen molar-refractivity contribution in [2.24, 2.45) is 0 Å². The Kier molecular flexibility index (Phi) is 8.96. The van der Waals surface area contributed by atoms with Crippen LogP contribution < -0.4 is 18.9 Å². The van der Waals surface area contributed by atoms with E-state index in [9.17, 15) is 14.7 Å². The molecule has 220 valence electrons. The number of Topliss-reactive ketones (excluding diaryl/α,β-unsaturated/α-hetero) is 1. The number of nitrogens with zero attached hydrogens (tertiary/aromatic N) is 1. The van der Waals surface area contributed by atoms with Gasteiger partial charge in [-0.15, -0.1) is 0 Å². The number of amides is 1. The predicted molar refractivity (Wildman–Crippen MR) is 162 cm³/mol. The molecule has 0 radical (unpaired) electrons. The summed E-state index contributed by atoms with van der Waals surface area (Å²) in [6, 6.07) is 28.4. The molecule has 1 heterocycles. The number of rotatable bonds is 11. The SMILES string of the molecule is COc1ccc(OCCN2C(=O)C(=O)/C(=C(\O)c3ccc(OCc4ccccc4)c(C)c3)C2c2ccc(OC)cc2)cc1. The van der Waals surface area contributed by atoms with Gasteiger partial charge < -0.3 is 29.0 Å². The van der Waals surface area contributed by atoms with Crippen LogP contribution in [0.25, 0.3) is 5.76 Å². The summed E-state index contributed by atoms with van der Waals surface area (Å²) >= 11 is 0. The van der Waals surface area contributed by atoms with Crippen LogP contribution in [0.15, 0.2) is 103 Å². The summed E-state index contributed by atoms with van der Waals surface area (Å²) in [4.78, 5) is 28.2. The highest BCUT2D eigenvalue weighted by Crippen LogP contribution is 2.40. The van der Waals surface area contributed by atoms with E-state index in [1.54, 1.807) is 80.9 Å². The van der Waals surface area contributed by atoms with Crippen LogP contribution in [0.5, 0.6) is 23.0 Å². The molecule has 5 rings (SSSR count). The van der Waals surface area contributed by atoms with Crippen LogP contribution >= 0.6 is 0 Å². The standard InChI is InChI=1S/C35H33NO7/c1-23-21-26(11-18-30(23)43-22-24-7-5-4-6-8-24)33(37)31-32(25-9-12-27(40-2)13-10-25)36(35(39)34(31)38)19-20-42-29-16-14-28(41-3)15-17-29/h4-18,21,32,37H,19-20,22H2,1-3H3/b33-31-. The highest BCUT2D eigenvalue weighted by Gasteiger charge is 2.46. The Morgan fingerprint density at radius 3 is 2.05 bits per heavy atom. The van der Waals surface area contributed by atoms with Gasteiger partial charge in [0.2, 0.25) is 0 Å². The summed E-state index contributed by atoms with van der Waals surface area (Å²) in [6.07, 6.45) is 0. The third-order valence-electron chi connectivity index (χ3n) is 7.32. The minimum absolute atomic E-state index is 0.0111. The Bertz CT molecular complexity index is 1610. The van der Waals surface area contributed by atoms with Crippen molar-refractivity contribution in [3.63, 3.8) is 0 Å². The number of aliphatic hydroxyl groups excluding tert-OH is 1. The number of aryl methyl sites for hydroxylation is 1. The maximum atomic E-state index is 13.4. The number of hydrogen-bond donors (Lipinski definition) is 1. The minimum atomic E-state index is -0.820. The van der Waals surface area contributed by atoms with Crippen molar-refractivity contribution in [2.45, 2.75) is 19.6 Å². The van der Waals surface area contributed by atoms with Crippen molar-refractivity contribution in [1.29, 1.82) is 0 Å². The highest BCUT2D eigenvalue weighted by molar-refractivity contribution is 6.46. The average Bonchev–Trinajstić information content (AvgIpc) is 3.29. The van der Waals surface area contributed by atoms with Crippen LogP contribution in [-0.4, -0.2) is 49.1 Å². The van der Waals surface area contributed by atoms with Gasteiger partial charge in [0.1, 0.15) is 42.0 Å². The third kappa shape index (κ3) is 6.48. The van der Waals surface area contributed by atoms with Crippen molar-refractivity contribution in [3.05, 3.63) is 125 Å². The molecular weight excluding hydrogens is 546 g/mol. The van der Waals surface area contributed by atoms with Gasteiger partial charge in [0.05, 0.1) is 32.4 Å². The van der Waals surface area contributed by atoms with Gasteiger partial charge in [0.25, 0.3) is 11.7 Å². The number of carbonyl (C=O) groups excluding carboxylic acids is 2. The molecule has 1 amide bonds. The largest absolute Gasteiger partial charge is 0.507 e. The molecule has 8 nitrogen and oxygen atoms in total. The van der Waals surface area contributed by atoms with Crippen molar-refractivity contribution >= 4 is 17.4 Å². The zero-order valence-electron chi connectivity index (χ0n) is 24.3. The number of hydrogen-bond acceptors (Lipinski definition) is 7. The van der Waals surface area contributed by atoms with E-state index in [1.165, 1.54) is 4.90 Å². The molecular formula is C35H33NO7. The predicted octanol–water partition coefficient (Wildman–Crippen LogP) is 6.09. The molecule has 0 spiro atoms. The number of aliphatic hydroxyl groups is 1. The Balaban J connectivity index is 1.43. The molecule has 1 atom stereocenters. The van der Waals surface area contributed by atoms with Gasteiger partial charge in [-0.25, -0.2) is 0 Å². The quantitative estimate of drug-likeness (QED) is 0.131. The number of benzene rings is 4. The lowest BCUT2D eigenvalue weighted by molar-refractivity contribution is -0.140. The second-order valence-corrected chi connectivity index (χ2v) is 10.0. The molecule has 4 aromatic carbocycles. The van der Waals surface area contributed by atoms with Crippen LogP contribution in [0.2, 0.25) is 0 Å². The van der Waals surface area contributed by atoms with Gasteiger partial charge in [-0.3, -0.25) is 9.59 Å². The first-order valence-corrected chi connectivity index (χ1v) is 13.9. The van der Waals surface area contributed by atoms with Gasteiger partial charge in [-0.05, 0) is 78.2 Å². The summed E-state index contributed by atoms with van der Waals surface area (Å²) in [7, 11) is 3.15. The monoisotopic (exact) mass is 579 g/mol. The van der Waals surface area contributed by atoms with Gasteiger partial charge in [-0.2, -0.15) is 0 Å². The number of likely N-dealkylation sites (tertiary alicyclic amines) is 1. The summed E-state index contributed by atoms with van der Waals surface area (Å²) in [5.74, 6) is 0.862. The number of ether oxygens (including phenoxy) is 4. The molecule has 1 N–H and O–H groups in total. The molecule has 1 aliphatic rings. The molecule has 4 aromatic rings. The third-order valence-corrected chi connectivity index (χ3v) is 7.32. The molecule has 0 aromatic heterocycles. The van der Waals surface area contributed by atoms with E-state index in [0.717, 1.165) is 11.1 Å². The molecule has 0 saturated carbocycles. The highest BCUT2D eigenvalue weighted by atomic mass is 16.5. The van der Waals surface area contributed by atoms with E-state index < -0.39 is 17.7 Å². The fourth-order valence-corrected chi connectivity index (χ4v) is 5.03. The first-order chi connectivity index (χ1) is 20.9. The summed E-state index contributed by atoms with van der Waals surface area (Å²) in [6.45, 7) is 2.52. The fraction of sp³-hybridized carbons (Fsp3) is 0.200. The summed E-state index contributed by atoms with van der Waals surface area (Å²) < 4.78 is 22.3. The van der Waals surface area contributed by atoms with E-state index >= 15 is 0 Å². The number of ketones is 1. The van der Waals surface area contributed by atoms with Gasteiger partial charge in [0.15, 0.2) is 0 Å². The number of methoxy groups -OCH3 is 2. The topological polar surface area (TPSA) is 94.5 Å². The van der Waals surface area contributed by atoms with E-state index in [0.29, 0.717) is 40.7 Å². The van der Waals surface area contributed by atoms with Crippen molar-refractivity contribution in [3.8, 4) is 23.0 Å². The molecule has 1 fully saturated rings. The zero-order valence-corrected chi connectivity index (χ0v) is 24.3. The van der Waals surface area contributed by atoms with E-state index in [4.69, 9.17) is 18.9 Å². The van der Waals surface area contributed by atoms with Crippen molar-refractivity contribution < 1.29 is 33.6 Å². The normalized spacial score (nSPS) is 15.8. The Hall–Kier alpha value is -5.24. The van der Waals surface area contributed by atoms with E-state index in [2.05, 4.69) is 0 Å². The fourth-order valence-electron chi connectivity index (χ4n) is 5.03. The Morgan fingerprint density at radius 2 is 1.42 bits per heavy atom. The maximum absolute atomic E-state index is 13.4. The molecule has 43 heavy (non-hydrogen) atoms. The molecule has 1 saturated heterocycles. The van der Waals surface area contributed by atoms with Crippen molar-refractivity contribution in [2.75, 3.05) is 27.4 Å². The van der Waals surface area contributed by atoms with E-state index in [1.807, 2.05) is 37.3 Å². The van der Waals surface area contributed by atoms with Crippen LogP contribution in [0.4, 0.5) is 0 Å².